The average Bonchev–Trinajstić information content (AvgIpc) is 2.36. The average molecular weight is 185 g/mol. The fraction of sp³-hybridized carbons (Fsp3) is 0.556. The highest BCUT2D eigenvalue weighted by molar-refractivity contribution is 7.10. The van der Waals surface area contributed by atoms with E-state index < -0.39 is 0 Å². The van der Waals surface area contributed by atoms with Gasteiger partial charge in [-0.05, 0) is 30.9 Å². The first-order valence-electron chi connectivity index (χ1n) is 4.12. The zero-order valence-corrected chi connectivity index (χ0v) is 8.32. The molecule has 12 heavy (non-hydrogen) atoms. The van der Waals surface area contributed by atoms with Gasteiger partial charge in [0, 0.05) is 18.0 Å². The van der Waals surface area contributed by atoms with Crippen LogP contribution in [0.15, 0.2) is 11.4 Å². The van der Waals surface area contributed by atoms with Crippen molar-refractivity contribution < 1.29 is 5.11 Å². The summed E-state index contributed by atoms with van der Waals surface area (Å²) < 4.78 is 0. The lowest BCUT2D eigenvalue weighted by molar-refractivity contribution is 0.191. The Morgan fingerprint density at radius 3 is 2.92 bits per heavy atom. The van der Waals surface area contributed by atoms with E-state index >= 15 is 0 Å². The van der Waals surface area contributed by atoms with E-state index in [0.29, 0.717) is 6.54 Å². The predicted octanol–water partition coefficient (Wildman–Crippen LogP) is 1.53. The lowest BCUT2D eigenvalue weighted by Crippen LogP contribution is -2.23. The van der Waals surface area contributed by atoms with Gasteiger partial charge in [0.25, 0.3) is 0 Å². The molecule has 0 aliphatic carbocycles. The Bertz CT molecular complexity index is 232. The predicted molar refractivity (Wildman–Crippen MR) is 52.4 cm³/mol. The second-order valence-electron chi connectivity index (χ2n) is 3.01. The van der Waals surface area contributed by atoms with E-state index in [1.165, 1.54) is 10.4 Å². The van der Waals surface area contributed by atoms with Crippen molar-refractivity contribution in [2.75, 3.05) is 6.54 Å². The van der Waals surface area contributed by atoms with Crippen molar-refractivity contribution >= 4 is 11.3 Å². The molecule has 0 bridgehead atoms. The highest BCUT2D eigenvalue weighted by Crippen LogP contribution is 2.14. The second-order valence-corrected chi connectivity index (χ2v) is 4.01. The van der Waals surface area contributed by atoms with Crippen LogP contribution in [0.25, 0.3) is 0 Å². The largest absolute Gasteiger partial charge is 0.392 e. The highest BCUT2D eigenvalue weighted by Gasteiger charge is 1.99. The fourth-order valence-electron chi connectivity index (χ4n) is 0.980. The summed E-state index contributed by atoms with van der Waals surface area (Å²) in [5.41, 5.74) is 1.33. The zero-order chi connectivity index (χ0) is 8.97. The topological polar surface area (TPSA) is 32.3 Å². The molecule has 2 N–H and O–H groups in total. The van der Waals surface area contributed by atoms with Crippen LogP contribution in [-0.2, 0) is 6.54 Å². The second kappa shape index (κ2) is 4.60. The van der Waals surface area contributed by atoms with Crippen molar-refractivity contribution in [2.45, 2.75) is 26.5 Å². The van der Waals surface area contributed by atoms with Gasteiger partial charge < -0.3 is 10.4 Å². The van der Waals surface area contributed by atoms with E-state index in [2.05, 4.69) is 23.7 Å². The van der Waals surface area contributed by atoms with Gasteiger partial charge in [0.1, 0.15) is 0 Å². The number of rotatable bonds is 4. The van der Waals surface area contributed by atoms with Crippen LogP contribution in [0.1, 0.15) is 17.4 Å². The van der Waals surface area contributed by atoms with Gasteiger partial charge in [-0.3, -0.25) is 0 Å². The van der Waals surface area contributed by atoms with Gasteiger partial charge in [0.15, 0.2) is 0 Å². The van der Waals surface area contributed by atoms with Crippen molar-refractivity contribution in [1.29, 1.82) is 0 Å². The van der Waals surface area contributed by atoms with Gasteiger partial charge in [-0.2, -0.15) is 0 Å². The molecule has 1 aromatic heterocycles. The summed E-state index contributed by atoms with van der Waals surface area (Å²) >= 11 is 1.76. The van der Waals surface area contributed by atoms with Crippen LogP contribution in [0, 0.1) is 6.92 Å². The van der Waals surface area contributed by atoms with Crippen LogP contribution in [0.4, 0.5) is 0 Å². The summed E-state index contributed by atoms with van der Waals surface area (Å²) in [7, 11) is 0. The summed E-state index contributed by atoms with van der Waals surface area (Å²) in [6, 6.07) is 2.12. The fourth-order valence-corrected chi connectivity index (χ4v) is 1.86. The normalized spacial score (nSPS) is 13.2. The lowest BCUT2D eigenvalue weighted by atomic mass is 10.3. The minimum absolute atomic E-state index is 0.259. The summed E-state index contributed by atoms with van der Waals surface area (Å²) in [4.78, 5) is 1.36. The molecule has 1 aromatic rings. The molecule has 2 nitrogen and oxygen atoms in total. The molecule has 0 radical (unpaired) electrons. The first kappa shape index (κ1) is 9.71. The molecule has 0 saturated carbocycles. The monoisotopic (exact) mass is 185 g/mol. The SMILES string of the molecule is Cc1ccsc1CNC[C@H](C)O. The van der Waals surface area contributed by atoms with Crippen LogP contribution in [-0.4, -0.2) is 17.8 Å². The molecule has 0 fully saturated rings. The standard InChI is InChI=1S/C9H15NOS/c1-7-3-4-12-9(7)6-10-5-8(2)11/h3-4,8,10-11H,5-6H2,1-2H3/t8-/m0/s1. The molecule has 1 atom stereocenters. The first-order valence-corrected chi connectivity index (χ1v) is 5.00. The molecule has 0 aliphatic rings. The molecule has 0 aromatic carbocycles. The van der Waals surface area contributed by atoms with Crippen molar-refractivity contribution in [3.8, 4) is 0 Å². The van der Waals surface area contributed by atoms with E-state index in [9.17, 15) is 0 Å². The quantitative estimate of drug-likeness (QED) is 0.745. The van der Waals surface area contributed by atoms with Gasteiger partial charge in [-0.25, -0.2) is 0 Å². The van der Waals surface area contributed by atoms with E-state index in [-0.39, 0.29) is 6.10 Å². The molecule has 0 spiro atoms. The Morgan fingerprint density at radius 2 is 2.42 bits per heavy atom. The van der Waals surface area contributed by atoms with Crippen molar-refractivity contribution in [3.05, 3.63) is 21.9 Å². The lowest BCUT2D eigenvalue weighted by Gasteiger charge is -2.05. The number of thiophene rings is 1. The van der Waals surface area contributed by atoms with Crippen LogP contribution in [0.3, 0.4) is 0 Å². The summed E-state index contributed by atoms with van der Waals surface area (Å²) in [6.07, 6.45) is -0.259. The smallest absolute Gasteiger partial charge is 0.0636 e. The molecular formula is C9H15NOS. The number of aliphatic hydroxyl groups excluding tert-OH is 1. The van der Waals surface area contributed by atoms with Gasteiger partial charge in [-0.1, -0.05) is 0 Å². The molecule has 1 heterocycles. The highest BCUT2D eigenvalue weighted by atomic mass is 32.1. The van der Waals surface area contributed by atoms with Gasteiger partial charge >= 0.3 is 0 Å². The number of nitrogens with one attached hydrogen (secondary N) is 1. The molecule has 0 saturated heterocycles. The molecule has 0 amide bonds. The molecule has 0 aliphatic heterocycles. The van der Waals surface area contributed by atoms with E-state index in [1.54, 1.807) is 18.3 Å². The molecule has 0 unspecified atom stereocenters. The van der Waals surface area contributed by atoms with Crippen LogP contribution in [0.5, 0.6) is 0 Å². The van der Waals surface area contributed by atoms with E-state index in [1.807, 2.05) is 0 Å². The van der Waals surface area contributed by atoms with Crippen LogP contribution >= 0.6 is 11.3 Å². The molecule has 68 valence electrons. The number of aliphatic hydroxyl groups is 1. The number of hydrogen-bond acceptors (Lipinski definition) is 3. The summed E-state index contributed by atoms with van der Waals surface area (Å²) in [6.45, 7) is 5.43. The summed E-state index contributed by atoms with van der Waals surface area (Å²) in [5, 5.41) is 14.3. The van der Waals surface area contributed by atoms with Gasteiger partial charge in [0.2, 0.25) is 0 Å². The molecular weight excluding hydrogens is 170 g/mol. The maximum Gasteiger partial charge on any atom is 0.0636 e. The van der Waals surface area contributed by atoms with Gasteiger partial charge in [0.05, 0.1) is 6.10 Å². The van der Waals surface area contributed by atoms with Crippen LogP contribution < -0.4 is 5.32 Å². The Hall–Kier alpha value is -0.380. The van der Waals surface area contributed by atoms with Crippen molar-refractivity contribution in [3.63, 3.8) is 0 Å². The maximum absolute atomic E-state index is 8.99. The van der Waals surface area contributed by atoms with Crippen molar-refractivity contribution in [2.24, 2.45) is 0 Å². The molecule has 3 heteroatoms. The van der Waals surface area contributed by atoms with Crippen LogP contribution in [0.2, 0.25) is 0 Å². The van der Waals surface area contributed by atoms with Gasteiger partial charge in [-0.15, -0.1) is 11.3 Å². The van der Waals surface area contributed by atoms with E-state index in [4.69, 9.17) is 5.11 Å². The molecule has 1 rings (SSSR count). The first-order chi connectivity index (χ1) is 5.70. The number of aryl methyl sites for hydroxylation is 1. The Balaban J connectivity index is 2.29. The zero-order valence-electron chi connectivity index (χ0n) is 7.50. The Morgan fingerprint density at radius 1 is 1.67 bits per heavy atom. The Kier molecular flexibility index (Phi) is 3.72. The third-order valence-corrected chi connectivity index (χ3v) is 2.72. The van der Waals surface area contributed by atoms with Crippen molar-refractivity contribution in [1.82, 2.24) is 5.32 Å². The minimum atomic E-state index is -0.259. The Labute approximate surface area is 77.2 Å². The third kappa shape index (κ3) is 2.93. The summed E-state index contributed by atoms with van der Waals surface area (Å²) in [5.74, 6) is 0. The third-order valence-electron chi connectivity index (χ3n) is 1.69. The maximum atomic E-state index is 8.99. The number of hydrogen-bond donors (Lipinski definition) is 2. The minimum Gasteiger partial charge on any atom is -0.392 e. The van der Waals surface area contributed by atoms with E-state index in [0.717, 1.165) is 6.54 Å².